The van der Waals surface area contributed by atoms with Crippen LogP contribution >= 0.6 is 11.3 Å². The Hall–Kier alpha value is -0.450. The highest BCUT2D eigenvalue weighted by Gasteiger charge is 2.34. The Morgan fingerprint density at radius 3 is 2.94 bits per heavy atom. The third-order valence-corrected chi connectivity index (χ3v) is 4.47. The lowest BCUT2D eigenvalue weighted by Gasteiger charge is -2.46. The number of piperazine rings is 1. The van der Waals surface area contributed by atoms with Gasteiger partial charge in [-0.05, 0) is 26.2 Å². The Balaban J connectivity index is 1.99. The predicted molar refractivity (Wildman–Crippen MR) is 77.8 cm³/mol. The summed E-state index contributed by atoms with van der Waals surface area (Å²) in [5.41, 5.74) is 2.16. The maximum atomic E-state index is 4.18. The van der Waals surface area contributed by atoms with Crippen LogP contribution in [0.4, 0.5) is 0 Å². The number of rotatable bonds is 4. The Kier molecular flexibility index (Phi) is 4.41. The zero-order valence-corrected chi connectivity index (χ0v) is 12.8. The summed E-state index contributed by atoms with van der Waals surface area (Å²) in [5, 5.41) is 3.70. The van der Waals surface area contributed by atoms with Crippen LogP contribution in [0.25, 0.3) is 0 Å². The first kappa shape index (κ1) is 14.0. The molecular formula is C14H25N3S. The molecule has 1 aromatic heterocycles. The number of aromatic nitrogens is 1. The number of hydrogen-bond donors (Lipinski definition) is 1. The van der Waals surface area contributed by atoms with Gasteiger partial charge >= 0.3 is 0 Å². The summed E-state index contributed by atoms with van der Waals surface area (Å²) in [4.78, 5) is 8.15. The minimum Gasteiger partial charge on any atom is -0.311 e. The molecule has 1 atom stereocenters. The summed E-state index contributed by atoms with van der Waals surface area (Å²) >= 11 is 1.76. The quantitative estimate of drug-likeness (QED) is 0.909. The second-order valence-electron chi connectivity index (χ2n) is 6.37. The number of nitrogens with zero attached hydrogens (tertiary/aromatic N) is 2. The van der Waals surface area contributed by atoms with Crippen LogP contribution in [0.1, 0.15) is 39.0 Å². The molecule has 2 heterocycles. The zero-order valence-electron chi connectivity index (χ0n) is 11.9. The van der Waals surface area contributed by atoms with E-state index in [4.69, 9.17) is 0 Å². The van der Waals surface area contributed by atoms with Gasteiger partial charge in [0.15, 0.2) is 0 Å². The summed E-state index contributed by atoms with van der Waals surface area (Å²) in [6.45, 7) is 12.5. The van der Waals surface area contributed by atoms with E-state index in [1.165, 1.54) is 11.3 Å². The molecule has 0 bridgehead atoms. The zero-order chi connectivity index (χ0) is 13.2. The molecule has 1 aromatic rings. The maximum Gasteiger partial charge on any atom is 0.0794 e. The SMILES string of the molecule is CC(C)CC1CN(Cc2cncs2)C(C)(C)CN1. The molecule has 0 radical (unpaired) electrons. The fraction of sp³-hybridized carbons (Fsp3) is 0.786. The van der Waals surface area contributed by atoms with Crippen molar-refractivity contribution in [2.45, 2.75) is 52.2 Å². The van der Waals surface area contributed by atoms with E-state index in [2.05, 4.69) is 42.9 Å². The highest BCUT2D eigenvalue weighted by molar-refractivity contribution is 7.09. The van der Waals surface area contributed by atoms with Crippen LogP contribution in [-0.4, -0.2) is 34.6 Å². The standard InChI is InChI=1S/C14H25N3S/c1-11(2)5-12-7-17(14(3,4)9-16-12)8-13-6-15-10-18-13/h6,10-12,16H,5,7-9H2,1-4H3. The monoisotopic (exact) mass is 267 g/mol. The lowest BCUT2D eigenvalue weighted by Crippen LogP contribution is -2.61. The van der Waals surface area contributed by atoms with Gasteiger partial charge in [0.25, 0.3) is 0 Å². The highest BCUT2D eigenvalue weighted by Crippen LogP contribution is 2.24. The van der Waals surface area contributed by atoms with Gasteiger partial charge in [0.05, 0.1) is 5.51 Å². The normalized spacial score (nSPS) is 24.6. The van der Waals surface area contributed by atoms with Gasteiger partial charge in [-0.2, -0.15) is 0 Å². The van der Waals surface area contributed by atoms with Crippen molar-refractivity contribution in [3.05, 3.63) is 16.6 Å². The van der Waals surface area contributed by atoms with Gasteiger partial charge in [-0.15, -0.1) is 11.3 Å². The molecular weight excluding hydrogens is 242 g/mol. The van der Waals surface area contributed by atoms with Crippen molar-refractivity contribution in [2.24, 2.45) is 5.92 Å². The van der Waals surface area contributed by atoms with Gasteiger partial charge in [0.1, 0.15) is 0 Å². The van der Waals surface area contributed by atoms with E-state index in [9.17, 15) is 0 Å². The fourth-order valence-corrected chi connectivity index (χ4v) is 3.21. The van der Waals surface area contributed by atoms with Crippen LogP contribution in [0, 0.1) is 5.92 Å². The fourth-order valence-electron chi connectivity index (χ4n) is 2.60. The lowest BCUT2D eigenvalue weighted by molar-refractivity contribution is 0.0544. The Labute approximate surface area is 115 Å². The molecule has 3 nitrogen and oxygen atoms in total. The van der Waals surface area contributed by atoms with Gasteiger partial charge in [0.2, 0.25) is 0 Å². The number of nitrogens with one attached hydrogen (secondary N) is 1. The van der Waals surface area contributed by atoms with Crippen molar-refractivity contribution in [2.75, 3.05) is 13.1 Å². The number of hydrogen-bond acceptors (Lipinski definition) is 4. The van der Waals surface area contributed by atoms with Crippen molar-refractivity contribution >= 4 is 11.3 Å². The molecule has 1 N–H and O–H groups in total. The average molecular weight is 267 g/mol. The summed E-state index contributed by atoms with van der Waals surface area (Å²) in [6.07, 6.45) is 3.26. The summed E-state index contributed by atoms with van der Waals surface area (Å²) in [6, 6.07) is 0.631. The van der Waals surface area contributed by atoms with Crippen molar-refractivity contribution in [1.82, 2.24) is 15.2 Å². The molecule has 0 aromatic carbocycles. The molecule has 2 rings (SSSR count). The molecule has 0 saturated carbocycles. The van der Waals surface area contributed by atoms with Crippen LogP contribution in [0.5, 0.6) is 0 Å². The molecule has 1 aliphatic rings. The molecule has 0 amide bonds. The molecule has 1 fully saturated rings. The highest BCUT2D eigenvalue weighted by atomic mass is 32.1. The second-order valence-corrected chi connectivity index (χ2v) is 7.34. The van der Waals surface area contributed by atoms with E-state index in [-0.39, 0.29) is 5.54 Å². The Morgan fingerprint density at radius 1 is 1.56 bits per heavy atom. The van der Waals surface area contributed by atoms with Crippen LogP contribution in [0.15, 0.2) is 11.7 Å². The topological polar surface area (TPSA) is 28.2 Å². The molecule has 4 heteroatoms. The minimum atomic E-state index is 0.234. The predicted octanol–water partition coefficient (Wildman–Crippen LogP) is 2.74. The summed E-state index contributed by atoms with van der Waals surface area (Å²) in [7, 11) is 0. The Morgan fingerprint density at radius 2 is 2.33 bits per heavy atom. The largest absolute Gasteiger partial charge is 0.311 e. The van der Waals surface area contributed by atoms with Gasteiger partial charge in [0, 0.05) is 42.3 Å². The van der Waals surface area contributed by atoms with Crippen molar-refractivity contribution in [3.8, 4) is 0 Å². The lowest BCUT2D eigenvalue weighted by atomic mass is 9.93. The first-order valence-corrected chi connectivity index (χ1v) is 7.71. The minimum absolute atomic E-state index is 0.234. The second kappa shape index (κ2) is 5.68. The summed E-state index contributed by atoms with van der Waals surface area (Å²) in [5.74, 6) is 0.758. The van der Waals surface area contributed by atoms with Crippen LogP contribution in [0.2, 0.25) is 0 Å². The molecule has 1 unspecified atom stereocenters. The van der Waals surface area contributed by atoms with Crippen LogP contribution in [-0.2, 0) is 6.54 Å². The first-order valence-electron chi connectivity index (χ1n) is 6.83. The smallest absolute Gasteiger partial charge is 0.0794 e. The molecule has 1 saturated heterocycles. The van der Waals surface area contributed by atoms with E-state index < -0.39 is 0 Å². The van der Waals surface area contributed by atoms with Crippen molar-refractivity contribution in [3.63, 3.8) is 0 Å². The van der Waals surface area contributed by atoms with Gasteiger partial charge in [-0.1, -0.05) is 13.8 Å². The molecule has 0 spiro atoms. The van der Waals surface area contributed by atoms with E-state index in [1.807, 2.05) is 11.7 Å². The van der Waals surface area contributed by atoms with Crippen molar-refractivity contribution in [1.29, 1.82) is 0 Å². The van der Waals surface area contributed by atoms with Crippen LogP contribution < -0.4 is 5.32 Å². The van der Waals surface area contributed by atoms with E-state index in [0.29, 0.717) is 6.04 Å². The van der Waals surface area contributed by atoms with Crippen LogP contribution in [0.3, 0.4) is 0 Å². The third kappa shape index (κ3) is 3.53. The van der Waals surface area contributed by atoms with E-state index in [1.54, 1.807) is 11.3 Å². The Bertz CT molecular complexity index is 359. The van der Waals surface area contributed by atoms with Gasteiger partial charge in [-0.25, -0.2) is 0 Å². The molecule has 0 aliphatic carbocycles. The van der Waals surface area contributed by atoms with Crippen molar-refractivity contribution < 1.29 is 0 Å². The van der Waals surface area contributed by atoms with Gasteiger partial charge in [-0.3, -0.25) is 9.88 Å². The van der Waals surface area contributed by atoms with E-state index >= 15 is 0 Å². The molecule has 18 heavy (non-hydrogen) atoms. The molecule has 102 valence electrons. The maximum absolute atomic E-state index is 4.18. The molecule has 1 aliphatic heterocycles. The summed E-state index contributed by atoms with van der Waals surface area (Å²) < 4.78 is 0. The number of thiazole rings is 1. The third-order valence-electron chi connectivity index (χ3n) is 3.71. The first-order chi connectivity index (χ1) is 8.47. The van der Waals surface area contributed by atoms with E-state index in [0.717, 1.165) is 25.6 Å². The van der Waals surface area contributed by atoms with Gasteiger partial charge < -0.3 is 5.32 Å². The average Bonchev–Trinajstić information content (AvgIpc) is 2.75.